The number of rotatable bonds is 4. The Labute approximate surface area is 319 Å². The fourth-order valence-corrected chi connectivity index (χ4v) is 9.24. The van der Waals surface area contributed by atoms with Crippen molar-refractivity contribution in [2.45, 2.75) is 19.3 Å². The monoisotopic (exact) mass is 701 g/mol. The topological polar surface area (TPSA) is 33.6 Å². The van der Waals surface area contributed by atoms with Crippen LogP contribution in [-0.2, 0) is 5.41 Å². The van der Waals surface area contributed by atoms with E-state index >= 15 is 0 Å². The molecule has 3 heteroatoms. The van der Waals surface area contributed by atoms with Gasteiger partial charge in [0.05, 0.1) is 33.7 Å². The van der Waals surface area contributed by atoms with Crippen LogP contribution in [0.3, 0.4) is 0 Å². The Morgan fingerprint density at radius 1 is 0.400 bits per heavy atom. The molecule has 10 aromatic rings. The summed E-state index contributed by atoms with van der Waals surface area (Å²) in [6.45, 7) is 4.70. The molecular weight excluding hydrogens is 667 g/mol. The van der Waals surface area contributed by atoms with Crippen LogP contribution in [0, 0.1) is 11.3 Å². The summed E-state index contributed by atoms with van der Waals surface area (Å²) in [4.78, 5) is 0. The van der Waals surface area contributed by atoms with Crippen molar-refractivity contribution in [1.82, 2.24) is 9.13 Å². The molecule has 0 amide bonds. The van der Waals surface area contributed by atoms with Gasteiger partial charge in [-0.3, -0.25) is 0 Å². The minimum absolute atomic E-state index is 0.0559. The van der Waals surface area contributed by atoms with Crippen molar-refractivity contribution >= 4 is 43.6 Å². The lowest BCUT2D eigenvalue weighted by atomic mass is 9.81. The van der Waals surface area contributed by atoms with E-state index in [4.69, 9.17) is 0 Å². The summed E-state index contributed by atoms with van der Waals surface area (Å²) in [6.07, 6.45) is 0. The Morgan fingerprint density at radius 3 is 1.51 bits per heavy atom. The summed E-state index contributed by atoms with van der Waals surface area (Å²) in [5, 5.41) is 14.3. The quantitative estimate of drug-likeness (QED) is 0.180. The molecule has 0 saturated heterocycles. The van der Waals surface area contributed by atoms with E-state index in [1.165, 1.54) is 77.1 Å². The van der Waals surface area contributed by atoms with Crippen molar-refractivity contribution in [3.63, 3.8) is 0 Å². The second-order valence-electron chi connectivity index (χ2n) is 15.3. The van der Waals surface area contributed by atoms with Gasteiger partial charge < -0.3 is 9.13 Å². The molecule has 3 nitrogen and oxygen atoms in total. The zero-order chi connectivity index (χ0) is 36.8. The van der Waals surface area contributed by atoms with Gasteiger partial charge in [-0.05, 0) is 129 Å². The van der Waals surface area contributed by atoms with E-state index in [-0.39, 0.29) is 5.41 Å². The van der Waals surface area contributed by atoms with E-state index in [2.05, 4.69) is 181 Å². The van der Waals surface area contributed by atoms with E-state index in [0.717, 1.165) is 22.4 Å². The van der Waals surface area contributed by atoms with Crippen LogP contribution in [0.15, 0.2) is 176 Å². The molecule has 0 fully saturated rings. The molecule has 0 atom stereocenters. The van der Waals surface area contributed by atoms with E-state index < -0.39 is 0 Å². The molecule has 0 radical (unpaired) electrons. The normalized spacial score (nSPS) is 13.0. The largest absolute Gasteiger partial charge is 0.309 e. The molecule has 55 heavy (non-hydrogen) atoms. The number of hydrogen-bond donors (Lipinski definition) is 0. The van der Waals surface area contributed by atoms with Crippen molar-refractivity contribution in [2.24, 2.45) is 0 Å². The first-order valence-electron chi connectivity index (χ1n) is 18.9. The maximum Gasteiger partial charge on any atom is 0.0991 e. The summed E-state index contributed by atoms with van der Waals surface area (Å²) in [7, 11) is 0. The van der Waals surface area contributed by atoms with Gasteiger partial charge in [0.2, 0.25) is 0 Å². The molecule has 0 bridgehead atoms. The molecule has 258 valence electrons. The Kier molecular flexibility index (Phi) is 6.66. The van der Waals surface area contributed by atoms with E-state index in [1.54, 1.807) is 0 Å². The summed E-state index contributed by atoms with van der Waals surface area (Å²) in [6, 6.07) is 66.0. The Morgan fingerprint density at radius 2 is 0.873 bits per heavy atom. The van der Waals surface area contributed by atoms with Crippen molar-refractivity contribution in [3.05, 3.63) is 193 Å². The molecule has 0 aliphatic heterocycles. The molecule has 1 aliphatic rings. The number of para-hydroxylation sites is 2. The Bertz CT molecular complexity index is 3220. The minimum Gasteiger partial charge on any atom is -0.309 e. The Balaban J connectivity index is 1.09. The van der Waals surface area contributed by atoms with E-state index in [9.17, 15) is 5.26 Å². The molecule has 8 aromatic carbocycles. The fourth-order valence-electron chi connectivity index (χ4n) is 9.24. The lowest BCUT2D eigenvalue weighted by Gasteiger charge is -2.22. The van der Waals surface area contributed by atoms with Gasteiger partial charge in [0.1, 0.15) is 0 Å². The number of benzene rings is 8. The highest BCUT2D eigenvalue weighted by Crippen LogP contribution is 2.50. The molecule has 1 aliphatic carbocycles. The zero-order valence-corrected chi connectivity index (χ0v) is 30.6. The molecule has 0 N–H and O–H groups in total. The maximum atomic E-state index is 9.41. The standard InChI is InChI=1S/C52H35N3/c1-52(2)46-14-8-6-12-40(46)41-24-18-37(31-47(41)52)36-21-27-51-45(30-36)44-29-35(20-26-50(44)54(51)38-10-4-3-5-11-38)34-19-25-49-43(28-34)42-13-7-9-15-48(42)55(49)39-22-16-33(32-53)17-23-39/h3-31H,1-2H3. The third-order valence-electron chi connectivity index (χ3n) is 12.0. The van der Waals surface area contributed by atoms with Gasteiger partial charge in [-0.2, -0.15) is 5.26 Å². The fraction of sp³-hybridized carbons (Fsp3) is 0.0577. The number of fused-ring (bicyclic) bond motifs is 9. The number of aromatic nitrogens is 2. The van der Waals surface area contributed by atoms with Gasteiger partial charge in [0.15, 0.2) is 0 Å². The van der Waals surface area contributed by atoms with Gasteiger partial charge in [-0.25, -0.2) is 0 Å². The highest BCUT2D eigenvalue weighted by molar-refractivity contribution is 6.13. The minimum atomic E-state index is -0.0559. The average molecular weight is 702 g/mol. The number of hydrogen-bond acceptors (Lipinski definition) is 1. The Hall–Kier alpha value is -7.15. The molecule has 2 heterocycles. The predicted molar refractivity (Wildman–Crippen MR) is 228 cm³/mol. The van der Waals surface area contributed by atoms with Gasteiger partial charge in [0.25, 0.3) is 0 Å². The maximum absolute atomic E-state index is 9.41. The SMILES string of the molecule is CC1(C)c2ccccc2-c2ccc(-c3ccc4c(c3)c3cc(-c5ccc6c(c5)c5ccccc5n6-c5ccc(C#N)cc5)ccc3n4-c3ccccc3)cc21. The first-order valence-corrected chi connectivity index (χ1v) is 18.9. The van der Waals surface area contributed by atoms with E-state index in [1.807, 2.05) is 24.3 Å². The average Bonchev–Trinajstić information content (AvgIpc) is 3.83. The van der Waals surface area contributed by atoms with Crippen LogP contribution in [0.5, 0.6) is 0 Å². The molecular formula is C52H35N3. The van der Waals surface area contributed by atoms with Crippen LogP contribution < -0.4 is 0 Å². The first-order chi connectivity index (χ1) is 27.0. The molecule has 11 rings (SSSR count). The summed E-state index contributed by atoms with van der Waals surface area (Å²) >= 11 is 0. The molecule has 2 aromatic heterocycles. The number of nitriles is 1. The second-order valence-corrected chi connectivity index (χ2v) is 15.3. The smallest absolute Gasteiger partial charge is 0.0991 e. The lowest BCUT2D eigenvalue weighted by molar-refractivity contribution is 0.660. The lowest BCUT2D eigenvalue weighted by Crippen LogP contribution is -2.14. The van der Waals surface area contributed by atoms with Crippen molar-refractivity contribution in [3.8, 4) is 50.8 Å². The van der Waals surface area contributed by atoms with Crippen LogP contribution in [-0.4, -0.2) is 9.13 Å². The van der Waals surface area contributed by atoms with Crippen molar-refractivity contribution in [1.29, 1.82) is 5.26 Å². The first kappa shape index (κ1) is 31.4. The summed E-state index contributed by atoms with van der Waals surface area (Å²) < 4.78 is 4.70. The molecule has 0 spiro atoms. The van der Waals surface area contributed by atoms with Gasteiger partial charge in [0, 0.05) is 38.3 Å². The van der Waals surface area contributed by atoms with Crippen LogP contribution >= 0.6 is 0 Å². The van der Waals surface area contributed by atoms with E-state index in [0.29, 0.717) is 5.56 Å². The van der Waals surface area contributed by atoms with Crippen molar-refractivity contribution < 1.29 is 0 Å². The van der Waals surface area contributed by atoms with Crippen LogP contribution in [0.1, 0.15) is 30.5 Å². The summed E-state index contributed by atoms with van der Waals surface area (Å²) in [5.41, 5.74) is 17.7. The zero-order valence-electron chi connectivity index (χ0n) is 30.6. The number of nitrogens with zero attached hydrogens (tertiary/aromatic N) is 3. The second kappa shape index (κ2) is 11.7. The molecule has 0 saturated carbocycles. The summed E-state index contributed by atoms with van der Waals surface area (Å²) in [5.74, 6) is 0. The van der Waals surface area contributed by atoms with Gasteiger partial charge in [-0.1, -0.05) is 105 Å². The van der Waals surface area contributed by atoms with Crippen LogP contribution in [0.2, 0.25) is 0 Å². The highest BCUT2D eigenvalue weighted by atomic mass is 15.0. The highest BCUT2D eigenvalue weighted by Gasteiger charge is 2.35. The predicted octanol–water partition coefficient (Wildman–Crippen LogP) is 13.4. The van der Waals surface area contributed by atoms with Crippen LogP contribution in [0.4, 0.5) is 0 Å². The third-order valence-corrected chi connectivity index (χ3v) is 12.0. The van der Waals surface area contributed by atoms with Crippen molar-refractivity contribution in [2.75, 3.05) is 0 Å². The third kappa shape index (κ3) is 4.62. The van der Waals surface area contributed by atoms with Crippen LogP contribution in [0.25, 0.3) is 88.4 Å². The van der Waals surface area contributed by atoms with Gasteiger partial charge in [-0.15, -0.1) is 0 Å². The van der Waals surface area contributed by atoms with Gasteiger partial charge >= 0.3 is 0 Å². The molecule has 0 unspecified atom stereocenters.